The summed E-state index contributed by atoms with van der Waals surface area (Å²) in [5, 5.41) is 44.6. The fraction of sp³-hybridized carbons (Fsp3) is 0.470. The van der Waals surface area contributed by atoms with Gasteiger partial charge in [0.05, 0.1) is 45.0 Å². The Labute approximate surface area is 466 Å². The Kier molecular flexibility index (Phi) is 12.0. The highest BCUT2D eigenvalue weighted by molar-refractivity contribution is 7.23. The molecule has 10 aliphatic rings. The van der Waals surface area contributed by atoms with Crippen LogP contribution in [0, 0.1) is 69.0 Å². The van der Waals surface area contributed by atoms with Gasteiger partial charge in [-0.3, -0.25) is 4.79 Å². The minimum Gasteiger partial charge on any atom is -0.507 e. The van der Waals surface area contributed by atoms with Gasteiger partial charge in [0.25, 0.3) is 0 Å². The predicted octanol–water partition coefficient (Wildman–Crippen LogP) is 11.5. The molecule has 4 fully saturated rings. The lowest BCUT2D eigenvalue weighted by atomic mass is 9.45. The lowest BCUT2D eigenvalue weighted by Gasteiger charge is -2.58. The van der Waals surface area contributed by atoms with Crippen LogP contribution in [0.5, 0.6) is 5.75 Å². The summed E-state index contributed by atoms with van der Waals surface area (Å²) in [5.41, 5.74) is 11.3. The van der Waals surface area contributed by atoms with Crippen LogP contribution in [0.4, 0.5) is 5.69 Å². The zero-order chi connectivity index (χ0) is 53.2. The van der Waals surface area contributed by atoms with Crippen molar-refractivity contribution in [2.75, 3.05) is 11.9 Å². The van der Waals surface area contributed by atoms with Crippen molar-refractivity contribution in [3.8, 4) is 39.2 Å². The number of carbonyl (C=O) groups excluding carboxylic acids is 1. The number of H-pyrrole nitrogens is 1. The zero-order valence-corrected chi connectivity index (χ0v) is 46.3. The first-order valence-corrected chi connectivity index (χ1v) is 30.4. The number of phenols is 1. The largest absolute Gasteiger partial charge is 0.507 e. The van der Waals surface area contributed by atoms with E-state index < -0.39 is 33.3 Å². The molecule has 12 unspecified atom stereocenters. The molecule has 2 aromatic carbocycles. The summed E-state index contributed by atoms with van der Waals surface area (Å²) in [7, 11) is 0. The molecule has 10 bridgehead atoms. The van der Waals surface area contributed by atoms with Gasteiger partial charge in [-0.15, -0.1) is 28.6 Å². The number of hydrogen-bond acceptors (Lipinski definition) is 9. The highest BCUT2D eigenvalue weighted by Crippen LogP contribution is 2.82. The lowest BCUT2D eigenvalue weighted by Crippen LogP contribution is -2.56. The van der Waals surface area contributed by atoms with Gasteiger partial charge >= 0.3 is 0 Å². The summed E-state index contributed by atoms with van der Waals surface area (Å²) in [6.07, 6.45) is 30.5. The van der Waals surface area contributed by atoms with E-state index in [0.717, 1.165) is 117 Å². The number of aromatic hydroxyl groups is 1. The average Bonchev–Trinajstić information content (AvgIpc) is 2.10. The number of rotatable bonds is 8. The summed E-state index contributed by atoms with van der Waals surface area (Å²) < 4.78 is 0. The van der Waals surface area contributed by atoms with Crippen molar-refractivity contribution in [1.29, 1.82) is 0 Å². The van der Waals surface area contributed by atoms with Gasteiger partial charge in [0, 0.05) is 81.3 Å². The summed E-state index contributed by atoms with van der Waals surface area (Å²) in [6.45, 7) is 3.84. The van der Waals surface area contributed by atoms with Crippen LogP contribution in [0.1, 0.15) is 150 Å². The van der Waals surface area contributed by atoms with E-state index in [4.69, 9.17) is 10.7 Å². The number of thiophene rings is 2. The van der Waals surface area contributed by atoms with E-state index in [-0.39, 0.29) is 59.8 Å². The fourth-order valence-corrected chi connectivity index (χ4v) is 19.9. The van der Waals surface area contributed by atoms with E-state index in [0.29, 0.717) is 37.2 Å². The van der Waals surface area contributed by atoms with Crippen LogP contribution in [0.3, 0.4) is 0 Å². The normalized spacial score (nSPS) is 34.7. The smallest absolute Gasteiger partial charge is 0.189 e. The second-order valence-corrected chi connectivity index (χ2v) is 27.2. The van der Waals surface area contributed by atoms with Crippen LogP contribution in [0.25, 0.3) is 15.8 Å². The van der Waals surface area contributed by atoms with E-state index in [1.807, 2.05) is 38.3 Å². The van der Waals surface area contributed by atoms with Crippen LogP contribution in [0.15, 0.2) is 96.4 Å². The second-order valence-electron chi connectivity index (χ2n) is 25.0. The van der Waals surface area contributed by atoms with Crippen LogP contribution in [0.2, 0.25) is 0 Å². The number of phenolic OH excluding ortho intramolecular Hbond substituents is 1. The molecule has 2 aliphatic heterocycles. The molecule has 4 saturated carbocycles. The van der Waals surface area contributed by atoms with Gasteiger partial charge in [-0.05, 0) is 147 Å². The first-order chi connectivity index (χ1) is 37.9. The number of carbonyl (C=O) groups is 1. The molecule has 15 rings (SSSR count). The third-order valence-electron chi connectivity index (χ3n) is 21.1. The molecular weight excluding hydrogens is 1000 g/mol. The second kappa shape index (κ2) is 18.7. The van der Waals surface area contributed by atoms with Crippen molar-refractivity contribution in [2.45, 2.75) is 140 Å². The number of Topliss-reactive ketones (excluding diaryl/α,β-unsaturated/α-hetero) is 1. The highest BCUT2D eigenvalue weighted by atomic mass is 32.1. The number of imidazole rings is 1. The standard InChI is InChI=1S/C66H70N6O4S2/c1-3-9-44-15-19-53(77-44)54-20-21-55(78-54)60(75)51-24-27-63-28-25-56-64(51,36-63)37-65(26-8-11-41(65)35-73)66(56)29-23-47-46-14-7-10-39(49(46)32-43-34-68-38-69-43)33-62(2,76)57-22-17-48-52(74)30-40(45(59(48)71-57)16-18-50(47)66)31-58(63)72-61(67)70-42-12-5-4-6-13-42/h7,10,14-15,17,19-23,25,28-30,34,38,41-42,47,50-51,56-58,71,73-74,76H,4-6,8,11-13,24,26-27,31-33,35-37H2,1-2H3,(H,68,69)(H3,67,70,72). The van der Waals surface area contributed by atoms with Crippen molar-refractivity contribution in [2.24, 2.45) is 56.1 Å². The van der Waals surface area contributed by atoms with E-state index in [1.54, 1.807) is 29.0 Å². The van der Waals surface area contributed by atoms with Crippen LogP contribution in [-0.2, 0) is 19.3 Å². The Hall–Kier alpha value is -6.15. The average molecular weight is 1080 g/mol. The quantitative estimate of drug-likeness (QED) is 0.0265. The van der Waals surface area contributed by atoms with E-state index in [2.05, 4.69) is 111 Å². The fourth-order valence-electron chi connectivity index (χ4n) is 17.9. The van der Waals surface area contributed by atoms with Gasteiger partial charge in [0.2, 0.25) is 0 Å². The number of benzene rings is 2. The third-order valence-corrected chi connectivity index (χ3v) is 23.4. The Balaban J connectivity index is 1.02. The third kappa shape index (κ3) is 7.59. The van der Waals surface area contributed by atoms with E-state index >= 15 is 4.79 Å². The maximum Gasteiger partial charge on any atom is 0.189 e. The Bertz CT molecular complexity index is 3500. The summed E-state index contributed by atoms with van der Waals surface area (Å²) in [5.74, 6) is 14.4. The zero-order valence-electron chi connectivity index (χ0n) is 44.7. The number of nitrogens with zero attached hydrogens (tertiary/aromatic N) is 2. The number of aliphatic hydroxyl groups excluding tert-OH is 1. The monoisotopic (exact) mass is 1070 g/mol. The molecule has 12 atom stereocenters. The number of aliphatic imine (C=N–C) groups is 1. The number of aromatic nitrogens is 2. The molecule has 0 amide bonds. The summed E-state index contributed by atoms with van der Waals surface area (Å²) in [6, 6.07) is 16.3. The SMILES string of the molecule is CC#Cc1ccc(-c2ccc(C(=O)C3CCC45C=CC6C3(C4)CC3(CCCC3CO)C63C=CC4c6cccc(c6Cc6cnc[nH]6)CC(C)(O)C6C=Cc7c(O)cc(c(c7N6)C#CC43)CC5N=C(N)NC3CCCCC3)s2)s1. The molecule has 3 aromatic heterocycles. The molecule has 5 aromatic rings. The number of fused-ring (bicyclic) bond motifs is 5. The Morgan fingerprint density at radius 2 is 1.85 bits per heavy atom. The number of allylic oxidation sites excluding steroid dienone is 3. The summed E-state index contributed by atoms with van der Waals surface area (Å²) >= 11 is 3.28. The van der Waals surface area contributed by atoms with Gasteiger partial charge in [0.1, 0.15) is 5.75 Å². The number of anilines is 1. The minimum atomic E-state index is -1.26. The van der Waals surface area contributed by atoms with Crippen molar-refractivity contribution < 1.29 is 20.1 Å². The first-order valence-electron chi connectivity index (χ1n) is 28.8. The number of hydrogen-bond donors (Lipinski definition) is 7. The Morgan fingerprint density at radius 1 is 0.987 bits per heavy atom. The highest BCUT2D eigenvalue weighted by Gasteiger charge is 2.78. The molecule has 12 heteroatoms. The molecule has 400 valence electrons. The molecule has 0 saturated heterocycles. The van der Waals surface area contributed by atoms with Crippen LogP contribution >= 0.6 is 22.7 Å². The maximum atomic E-state index is 16.2. The number of nitrogens with one attached hydrogen (secondary N) is 3. The van der Waals surface area contributed by atoms with E-state index in [9.17, 15) is 15.3 Å². The van der Waals surface area contributed by atoms with Gasteiger partial charge in [-0.25, -0.2) is 9.98 Å². The lowest BCUT2D eigenvalue weighted by molar-refractivity contribution is -0.0261. The van der Waals surface area contributed by atoms with E-state index in [1.165, 1.54) is 12.0 Å². The van der Waals surface area contributed by atoms with Crippen molar-refractivity contribution in [3.05, 3.63) is 140 Å². The van der Waals surface area contributed by atoms with Gasteiger partial charge in [0.15, 0.2) is 11.7 Å². The van der Waals surface area contributed by atoms with Gasteiger partial charge < -0.3 is 36.7 Å². The number of aromatic amines is 1. The van der Waals surface area contributed by atoms with Crippen LogP contribution in [-0.4, -0.2) is 67.4 Å². The predicted molar refractivity (Wildman–Crippen MR) is 311 cm³/mol. The molecule has 0 radical (unpaired) electrons. The number of ketones is 1. The van der Waals surface area contributed by atoms with Crippen molar-refractivity contribution in [1.82, 2.24) is 15.3 Å². The van der Waals surface area contributed by atoms with Gasteiger partial charge in [-0.2, -0.15) is 0 Å². The molecule has 5 heterocycles. The topological polar surface area (TPSA) is 169 Å². The van der Waals surface area contributed by atoms with Gasteiger partial charge in [-0.1, -0.05) is 98.1 Å². The molecule has 10 nitrogen and oxygen atoms in total. The number of nitrogens with two attached hydrogens (primary N) is 1. The molecular formula is C66H70N6O4S2. The maximum absolute atomic E-state index is 16.2. The Morgan fingerprint density at radius 3 is 2.68 bits per heavy atom. The molecule has 8 aliphatic carbocycles. The minimum absolute atomic E-state index is 0.00921. The molecule has 4 spiro atoms. The number of aliphatic hydroxyl groups is 2. The van der Waals surface area contributed by atoms with Crippen LogP contribution < -0.4 is 16.4 Å². The van der Waals surface area contributed by atoms with Crippen molar-refractivity contribution in [3.63, 3.8) is 0 Å². The molecule has 78 heavy (non-hydrogen) atoms. The number of guanidine groups is 1. The molecule has 8 N–H and O–H groups in total. The van der Waals surface area contributed by atoms with Crippen molar-refractivity contribution >= 4 is 46.2 Å². The first kappa shape index (κ1) is 50.1. The summed E-state index contributed by atoms with van der Waals surface area (Å²) in [4.78, 5) is 33.7.